The molecule has 1 saturated heterocycles. The summed E-state index contributed by atoms with van der Waals surface area (Å²) in [5, 5.41) is 5.45. The minimum absolute atomic E-state index is 0.130. The van der Waals surface area contributed by atoms with E-state index in [1.54, 1.807) is 6.20 Å². The molecule has 1 amide bonds. The highest BCUT2D eigenvalue weighted by Gasteiger charge is 2.21. The molecule has 6 heteroatoms. The topological polar surface area (TPSA) is 61.4 Å². The Bertz CT molecular complexity index is 1020. The van der Waals surface area contributed by atoms with Crippen molar-refractivity contribution >= 4 is 22.6 Å². The number of carbonyl (C=O) groups is 1. The van der Waals surface area contributed by atoms with Crippen LogP contribution in [0.4, 0.5) is 5.95 Å². The van der Waals surface area contributed by atoms with E-state index in [9.17, 15) is 4.79 Å². The van der Waals surface area contributed by atoms with Crippen LogP contribution in [0.15, 0.2) is 48.7 Å². The molecule has 2 heterocycles. The number of hydrogen-bond acceptors (Lipinski definition) is 5. The summed E-state index contributed by atoms with van der Waals surface area (Å²) in [5.74, 6) is 0.465. The van der Waals surface area contributed by atoms with Crippen molar-refractivity contribution in [1.29, 1.82) is 0 Å². The SMILES string of the molecule is Cc1cnc(N2CCN(C)CC2)nc1C(=O)NC(C)c1cccc2ccccc12. The van der Waals surface area contributed by atoms with Crippen molar-refractivity contribution < 1.29 is 4.79 Å². The number of benzene rings is 2. The number of anilines is 1. The van der Waals surface area contributed by atoms with Gasteiger partial charge in [0.25, 0.3) is 5.91 Å². The molecule has 150 valence electrons. The number of hydrogen-bond donors (Lipinski definition) is 1. The van der Waals surface area contributed by atoms with Gasteiger partial charge in [-0.3, -0.25) is 4.79 Å². The Kier molecular flexibility index (Phi) is 5.45. The fourth-order valence-corrected chi connectivity index (χ4v) is 3.79. The van der Waals surface area contributed by atoms with Gasteiger partial charge in [0, 0.05) is 32.4 Å². The van der Waals surface area contributed by atoms with Crippen LogP contribution in [0.1, 0.15) is 34.6 Å². The van der Waals surface area contributed by atoms with Crippen molar-refractivity contribution in [3.8, 4) is 0 Å². The molecule has 4 rings (SSSR count). The molecule has 1 aliphatic rings. The zero-order chi connectivity index (χ0) is 20.4. The number of rotatable bonds is 4. The predicted molar refractivity (Wildman–Crippen MR) is 116 cm³/mol. The highest BCUT2D eigenvalue weighted by Crippen LogP contribution is 2.24. The van der Waals surface area contributed by atoms with Gasteiger partial charge in [-0.05, 0) is 42.8 Å². The molecule has 1 N–H and O–H groups in total. The molecule has 1 aromatic heterocycles. The number of nitrogens with zero attached hydrogens (tertiary/aromatic N) is 4. The molecule has 29 heavy (non-hydrogen) atoms. The molecule has 1 atom stereocenters. The number of nitrogens with one attached hydrogen (secondary N) is 1. The largest absolute Gasteiger partial charge is 0.344 e. The molecule has 1 fully saturated rings. The third kappa shape index (κ3) is 4.07. The molecule has 0 bridgehead atoms. The van der Waals surface area contributed by atoms with Gasteiger partial charge < -0.3 is 15.1 Å². The van der Waals surface area contributed by atoms with Gasteiger partial charge in [-0.25, -0.2) is 9.97 Å². The minimum Gasteiger partial charge on any atom is -0.344 e. The highest BCUT2D eigenvalue weighted by atomic mass is 16.2. The smallest absolute Gasteiger partial charge is 0.270 e. The van der Waals surface area contributed by atoms with Crippen LogP contribution >= 0.6 is 0 Å². The van der Waals surface area contributed by atoms with Gasteiger partial charge in [-0.2, -0.15) is 0 Å². The number of fused-ring (bicyclic) bond motifs is 1. The van der Waals surface area contributed by atoms with E-state index in [1.165, 1.54) is 5.39 Å². The zero-order valence-corrected chi connectivity index (χ0v) is 17.2. The van der Waals surface area contributed by atoms with Crippen molar-refractivity contribution in [2.45, 2.75) is 19.9 Å². The summed E-state index contributed by atoms with van der Waals surface area (Å²) in [7, 11) is 2.11. The Morgan fingerprint density at radius 3 is 2.59 bits per heavy atom. The van der Waals surface area contributed by atoms with E-state index in [4.69, 9.17) is 0 Å². The number of likely N-dealkylation sites (N-methyl/N-ethyl adjacent to an activating group) is 1. The Morgan fingerprint density at radius 2 is 1.79 bits per heavy atom. The third-order valence-corrected chi connectivity index (χ3v) is 5.60. The molecule has 2 aromatic carbocycles. The summed E-state index contributed by atoms with van der Waals surface area (Å²) < 4.78 is 0. The standard InChI is InChI=1S/C23H27N5O/c1-16-15-24-23(28-13-11-27(3)12-14-28)26-21(16)22(29)25-17(2)19-10-6-8-18-7-4-5-9-20(18)19/h4-10,15,17H,11-14H2,1-3H3,(H,25,29). The lowest BCUT2D eigenvalue weighted by molar-refractivity contribution is 0.0934. The molecule has 3 aromatic rings. The maximum atomic E-state index is 13.0. The first-order chi connectivity index (χ1) is 14.0. The number of aromatic nitrogens is 2. The fourth-order valence-electron chi connectivity index (χ4n) is 3.79. The first-order valence-electron chi connectivity index (χ1n) is 10.1. The first kappa shape index (κ1) is 19.3. The van der Waals surface area contributed by atoms with Crippen molar-refractivity contribution in [3.05, 3.63) is 65.5 Å². The van der Waals surface area contributed by atoms with Crippen LogP contribution in [-0.2, 0) is 0 Å². The van der Waals surface area contributed by atoms with Crippen molar-refractivity contribution in [2.24, 2.45) is 0 Å². The van der Waals surface area contributed by atoms with Gasteiger partial charge in [0.2, 0.25) is 5.95 Å². The van der Waals surface area contributed by atoms with E-state index < -0.39 is 0 Å². The molecule has 0 spiro atoms. The molecule has 0 saturated carbocycles. The Labute approximate surface area is 171 Å². The molecular weight excluding hydrogens is 362 g/mol. The van der Waals surface area contributed by atoms with E-state index in [0.29, 0.717) is 11.6 Å². The third-order valence-electron chi connectivity index (χ3n) is 5.60. The second-order valence-corrected chi connectivity index (χ2v) is 7.76. The van der Waals surface area contributed by atoms with Gasteiger partial charge in [-0.15, -0.1) is 0 Å². The van der Waals surface area contributed by atoms with Crippen LogP contribution in [0.3, 0.4) is 0 Å². The van der Waals surface area contributed by atoms with Crippen LogP contribution < -0.4 is 10.2 Å². The molecular formula is C23H27N5O. The van der Waals surface area contributed by atoms with Gasteiger partial charge in [0.1, 0.15) is 5.69 Å². The van der Waals surface area contributed by atoms with Crippen LogP contribution in [0.5, 0.6) is 0 Å². The Balaban J connectivity index is 1.55. The number of carbonyl (C=O) groups excluding carboxylic acids is 1. The lowest BCUT2D eigenvalue weighted by atomic mass is 9.99. The molecule has 6 nitrogen and oxygen atoms in total. The molecule has 1 aliphatic heterocycles. The first-order valence-corrected chi connectivity index (χ1v) is 10.1. The quantitative estimate of drug-likeness (QED) is 0.743. The maximum absolute atomic E-state index is 13.0. The molecule has 1 unspecified atom stereocenters. The van der Waals surface area contributed by atoms with E-state index >= 15 is 0 Å². The second kappa shape index (κ2) is 8.17. The highest BCUT2D eigenvalue weighted by molar-refractivity contribution is 5.94. The lowest BCUT2D eigenvalue weighted by Gasteiger charge is -2.32. The van der Waals surface area contributed by atoms with Gasteiger partial charge in [-0.1, -0.05) is 42.5 Å². The van der Waals surface area contributed by atoms with Crippen LogP contribution in [0, 0.1) is 6.92 Å². The summed E-state index contributed by atoms with van der Waals surface area (Å²) in [6.45, 7) is 7.57. The average molecular weight is 390 g/mol. The normalized spacial score (nSPS) is 16.0. The summed E-state index contributed by atoms with van der Waals surface area (Å²) in [4.78, 5) is 26.5. The number of amides is 1. The number of aryl methyl sites for hydroxylation is 1. The van der Waals surface area contributed by atoms with Crippen molar-refractivity contribution in [1.82, 2.24) is 20.2 Å². The summed E-state index contributed by atoms with van der Waals surface area (Å²) in [6.07, 6.45) is 1.75. The Morgan fingerprint density at radius 1 is 1.07 bits per heavy atom. The van der Waals surface area contributed by atoms with Gasteiger partial charge >= 0.3 is 0 Å². The fraction of sp³-hybridized carbons (Fsp3) is 0.348. The van der Waals surface area contributed by atoms with E-state index in [1.807, 2.05) is 32.0 Å². The van der Waals surface area contributed by atoms with E-state index in [0.717, 1.165) is 42.7 Å². The predicted octanol–water partition coefficient (Wildman–Crippen LogP) is 3.18. The average Bonchev–Trinajstić information content (AvgIpc) is 2.74. The van der Waals surface area contributed by atoms with Crippen molar-refractivity contribution in [2.75, 3.05) is 38.1 Å². The monoisotopic (exact) mass is 389 g/mol. The van der Waals surface area contributed by atoms with Gasteiger partial charge in [0.05, 0.1) is 6.04 Å². The molecule has 0 radical (unpaired) electrons. The Hall–Kier alpha value is -2.99. The van der Waals surface area contributed by atoms with Crippen LogP contribution in [-0.4, -0.2) is 54.0 Å². The summed E-state index contributed by atoms with van der Waals surface area (Å²) >= 11 is 0. The van der Waals surface area contributed by atoms with Crippen LogP contribution in [0.25, 0.3) is 10.8 Å². The summed E-state index contributed by atoms with van der Waals surface area (Å²) in [5.41, 5.74) is 2.33. The zero-order valence-electron chi connectivity index (χ0n) is 17.2. The summed E-state index contributed by atoms with van der Waals surface area (Å²) in [6, 6.07) is 14.3. The van der Waals surface area contributed by atoms with Crippen molar-refractivity contribution in [3.63, 3.8) is 0 Å². The lowest BCUT2D eigenvalue weighted by Crippen LogP contribution is -2.45. The molecule has 0 aliphatic carbocycles. The van der Waals surface area contributed by atoms with Gasteiger partial charge in [0.15, 0.2) is 0 Å². The minimum atomic E-state index is -0.166. The van der Waals surface area contributed by atoms with E-state index in [-0.39, 0.29) is 11.9 Å². The van der Waals surface area contributed by atoms with E-state index in [2.05, 4.69) is 56.4 Å². The maximum Gasteiger partial charge on any atom is 0.270 e. The van der Waals surface area contributed by atoms with Crippen LogP contribution in [0.2, 0.25) is 0 Å². The second-order valence-electron chi connectivity index (χ2n) is 7.76. The number of piperazine rings is 1.